The molecule has 1 saturated heterocycles. The molecule has 0 bridgehead atoms. The maximum atomic E-state index is 12.4. The van der Waals surface area contributed by atoms with Crippen molar-refractivity contribution in [2.24, 2.45) is 0 Å². The molecule has 112 valence electrons. The van der Waals surface area contributed by atoms with E-state index < -0.39 is 5.60 Å². The number of aliphatic hydroxyl groups is 1. The quantitative estimate of drug-likeness (QED) is 0.896. The molecule has 0 spiro atoms. The Morgan fingerprint density at radius 2 is 2.33 bits per heavy atom. The number of hydrogen-bond donors (Lipinski definition) is 2. The second kappa shape index (κ2) is 5.27. The van der Waals surface area contributed by atoms with Crippen LogP contribution < -0.4 is 5.32 Å². The molecular weight excluding hydrogens is 286 g/mol. The first-order chi connectivity index (χ1) is 9.95. The van der Waals surface area contributed by atoms with E-state index in [2.05, 4.69) is 10.3 Å². The van der Waals surface area contributed by atoms with Crippen LogP contribution >= 0.6 is 11.3 Å². The predicted molar refractivity (Wildman–Crippen MR) is 84.7 cm³/mol. The van der Waals surface area contributed by atoms with Gasteiger partial charge in [0, 0.05) is 12.2 Å². The highest BCUT2D eigenvalue weighted by Crippen LogP contribution is 2.28. The van der Waals surface area contributed by atoms with Crippen LogP contribution in [0.25, 0.3) is 10.2 Å². The highest BCUT2D eigenvalue weighted by Gasteiger charge is 2.38. The molecule has 3 rings (SSSR count). The first-order valence-electron chi connectivity index (χ1n) is 7.08. The standard InChI is InChI=1S/C15H19N3O2S/c1-15(2,20)13-4-3-7-18(13)14(19)17-10-5-6-11-12(8-10)21-9-16-11/h5-6,8-9,13,20H,3-4,7H2,1-2H3,(H,17,19). The van der Waals surface area contributed by atoms with Gasteiger partial charge in [0.25, 0.3) is 0 Å². The molecule has 0 saturated carbocycles. The number of nitrogens with zero attached hydrogens (tertiary/aromatic N) is 2. The molecule has 2 aromatic rings. The first kappa shape index (κ1) is 14.3. The molecular formula is C15H19N3O2S. The summed E-state index contributed by atoms with van der Waals surface area (Å²) in [6, 6.07) is 5.40. The normalized spacial score (nSPS) is 19.2. The smallest absolute Gasteiger partial charge is 0.322 e. The molecule has 1 unspecified atom stereocenters. The molecule has 6 heteroatoms. The summed E-state index contributed by atoms with van der Waals surface area (Å²) in [5, 5.41) is 13.1. The summed E-state index contributed by atoms with van der Waals surface area (Å²) in [5.41, 5.74) is 2.61. The molecule has 2 N–H and O–H groups in total. The lowest BCUT2D eigenvalue weighted by atomic mass is 9.97. The van der Waals surface area contributed by atoms with Gasteiger partial charge in [-0.3, -0.25) is 0 Å². The van der Waals surface area contributed by atoms with Crippen LogP contribution in [0.2, 0.25) is 0 Å². The minimum absolute atomic E-state index is 0.135. The van der Waals surface area contributed by atoms with E-state index in [1.54, 1.807) is 35.6 Å². The van der Waals surface area contributed by atoms with E-state index >= 15 is 0 Å². The predicted octanol–water partition coefficient (Wildman–Crippen LogP) is 3.06. The van der Waals surface area contributed by atoms with Crippen LogP contribution in [0.1, 0.15) is 26.7 Å². The van der Waals surface area contributed by atoms with Crippen molar-refractivity contribution in [3.05, 3.63) is 23.7 Å². The van der Waals surface area contributed by atoms with E-state index in [0.717, 1.165) is 28.7 Å². The van der Waals surface area contributed by atoms with E-state index in [0.29, 0.717) is 6.54 Å². The number of carbonyl (C=O) groups excluding carboxylic acids is 1. The summed E-state index contributed by atoms with van der Waals surface area (Å²) in [4.78, 5) is 18.4. The number of hydrogen-bond acceptors (Lipinski definition) is 4. The summed E-state index contributed by atoms with van der Waals surface area (Å²) in [6.07, 6.45) is 1.76. The Bertz CT molecular complexity index is 662. The Labute approximate surface area is 127 Å². The van der Waals surface area contributed by atoms with Gasteiger partial charge >= 0.3 is 6.03 Å². The van der Waals surface area contributed by atoms with Crippen molar-refractivity contribution in [1.29, 1.82) is 0 Å². The third-order valence-electron chi connectivity index (χ3n) is 3.91. The average molecular weight is 305 g/mol. The summed E-state index contributed by atoms with van der Waals surface area (Å²) in [7, 11) is 0. The van der Waals surface area contributed by atoms with Gasteiger partial charge in [0.05, 0.1) is 27.4 Å². The lowest BCUT2D eigenvalue weighted by Gasteiger charge is -2.33. The van der Waals surface area contributed by atoms with Gasteiger partial charge in [-0.05, 0) is 44.9 Å². The molecule has 1 aliphatic heterocycles. The highest BCUT2D eigenvalue weighted by molar-refractivity contribution is 7.16. The van der Waals surface area contributed by atoms with Crippen molar-refractivity contribution in [2.45, 2.75) is 38.3 Å². The number of fused-ring (bicyclic) bond motifs is 1. The second-order valence-corrected chi connectivity index (χ2v) is 6.86. The molecule has 21 heavy (non-hydrogen) atoms. The zero-order valence-electron chi connectivity index (χ0n) is 12.2. The summed E-state index contributed by atoms with van der Waals surface area (Å²) in [5.74, 6) is 0. The van der Waals surface area contributed by atoms with Crippen molar-refractivity contribution in [1.82, 2.24) is 9.88 Å². The van der Waals surface area contributed by atoms with Gasteiger partial charge in [-0.1, -0.05) is 0 Å². The molecule has 5 nitrogen and oxygen atoms in total. The van der Waals surface area contributed by atoms with Crippen LogP contribution in [-0.4, -0.2) is 39.2 Å². The van der Waals surface area contributed by atoms with Crippen molar-refractivity contribution in [3.8, 4) is 0 Å². The molecule has 1 aromatic heterocycles. The number of rotatable bonds is 2. The first-order valence-corrected chi connectivity index (χ1v) is 7.96. The van der Waals surface area contributed by atoms with Crippen LogP contribution in [0, 0.1) is 0 Å². The zero-order valence-corrected chi connectivity index (χ0v) is 13.0. The fraction of sp³-hybridized carbons (Fsp3) is 0.467. The molecule has 2 heterocycles. The topological polar surface area (TPSA) is 65.5 Å². The van der Waals surface area contributed by atoms with E-state index in [1.807, 2.05) is 18.2 Å². The van der Waals surface area contributed by atoms with Gasteiger partial charge in [0.15, 0.2) is 0 Å². The monoisotopic (exact) mass is 305 g/mol. The minimum atomic E-state index is -0.879. The van der Waals surface area contributed by atoms with Gasteiger partial charge in [-0.25, -0.2) is 9.78 Å². The van der Waals surface area contributed by atoms with Crippen molar-refractivity contribution >= 4 is 33.3 Å². The summed E-state index contributed by atoms with van der Waals surface area (Å²) >= 11 is 1.55. The third kappa shape index (κ3) is 2.87. The van der Waals surface area contributed by atoms with Crippen LogP contribution in [0.3, 0.4) is 0 Å². The number of carbonyl (C=O) groups is 1. The lowest BCUT2D eigenvalue weighted by molar-refractivity contribution is 0.0117. The second-order valence-electron chi connectivity index (χ2n) is 5.97. The minimum Gasteiger partial charge on any atom is -0.388 e. The average Bonchev–Trinajstić information content (AvgIpc) is 3.06. The van der Waals surface area contributed by atoms with Gasteiger partial charge < -0.3 is 15.3 Å². The number of anilines is 1. The van der Waals surface area contributed by atoms with Gasteiger partial charge in [-0.2, -0.15) is 0 Å². The maximum Gasteiger partial charge on any atom is 0.322 e. The third-order valence-corrected chi connectivity index (χ3v) is 4.70. The number of aromatic nitrogens is 1. The number of likely N-dealkylation sites (tertiary alicyclic amines) is 1. The number of nitrogens with one attached hydrogen (secondary N) is 1. The fourth-order valence-corrected chi connectivity index (χ4v) is 3.59. The summed E-state index contributed by atoms with van der Waals surface area (Å²) < 4.78 is 1.05. The Kier molecular flexibility index (Phi) is 3.59. The molecule has 1 aromatic carbocycles. The zero-order chi connectivity index (χ0) is 15.0. The number of amides is 2. The number of thiazole rings is 1. The Hall–Kier alpha value is -1.66. The number of benzene rings is 1. The van der Waals surface area contributed by atoms with E-state index in [-0.39, 0.29) is 12.1 Å². The summed E-state index contributed by atoms with van der Waals surface area (Å²) in [6.45, 7) is 4.20. The molecule has 1 fully saturated rings. The molecule has 1 atom stereocenters. The Morgan fingerprint density at radius 1 is 1.52 bits per heavy atom. The molecule has 0 aliphatic carbocycles. The molecule has 0 radical (unpaired) electrons. The van der Waals surface area contributed by atoms with Crippen LogP contribution in [0.4, 0.5) is 10.5 Å². The van der Waals surface area contributed by atoms with Gasteiger partial charge in [0.1, 0.15) is 0 Å². The molecule has 1 aliphatic rings. The Morgan fingerprint density at radius 3 is 3.10 bits per heavy atom. The molecule has 2 amide bonds. The van der Waals surface area contributed by atoms with Crippen molar-refractivity contribution in [3.63, 3.8) is 0 Å². The van der Waals surface area contributed by atoms with Gasteiger partial charge in [0.2, 0.25) is 0 Å². The SMILES string of the molecule is CC(C)(O)C1CCCN1C(=O)Nc1ccc2ncsc2c1. The van der Waals surface area contributed by atoms with Gasteiger partial charge in [-0.15, -0.1) is 11.3 Å². The van der Waals surface area contributed by atoms with Crippen molar-refractivity contribution < 1.29 is 9.90 Å². The highest BCUT2D eigenvalue weighted by atomic mass is 32.1. The van der Waals surface area contributed by atoms with E-state index in [1.165, 1.54) is 0 Å². The van der Waals surface area contributed by atoms with Crippen LogP contribution in [-0.2, 0) is 0 Å². The van der Waals surface area contributed by atoms with E-state index in [9.17, 15) is 9.90 Å². The fourth-order valence-electron chi connectivity index (χ4n) is 2.87. The number of urea groups is 1. The lowest BCUT2D eigenvalue weighted by Crippen LogP contribution is -2.49. The van der Waals surface area contributed by atoms with Crippen LogP contribution in [0.5, 0.6) is 0 Å². The maximum absolute atomic E-state index is 12.4. The van der Waals surface area contributed by atoms with Crippen molar-refractivity contribution in [2.75, 3.05) is 11.9 Å². The van der Waals surface area contributed by atoms with Crippen LogP contribution in [0.15, 0.2) is 23.7 Å². The largest absolute Gasteiger partial charge is 0.388 e. The Balaban J connectivity index is 1.76. The van der Waals surface area contributed by atoms with E-state index in [4.69, 9.17) is 0 Å².